The molecule has 1 aromatic heterocycles. The van der Waals surface area contributed by atoms with Gasteiger partial charge in [0.25, 0.3) is 0 Å². The van der Waals surface area contributed by atoms with E-state index in [1.165, 1.54) is 24.3 Å². The number of carbonyl (C=O) groups is 8. The van der Waals surface area contributed by atoms with E-state index in [2.05, 4.69) is 41.5 Å². The van der Waals surface area contributed by atoms with Crippen LogP contribution in [0.25, 0.3) is 0 Å². The molecule has 7 amide bonds. The number of aliphatic imine (C=N–C) groups is 1. The molecule has 23 heteroatoms. The first-order valence-corrected chi connectivity index (χ1v) is 18.3. The Hall–Kier alpha value is -5.84. The number of nitrogens with two attached hydrogens (primary N) is 5. The van der Waals surface area contributed by atoms with Crippen molar-refractivity contribution < 1.29 is 43.5 Å². The van der Waals surface area contributed by atoms with Crippen LogP contribution in [0.2, 0.25) is 0 Å². The summed E-state index contributed by atoms with van der Waals surface area (Å²) < 4.78 is 0. The average molecular weight is 793 g/mol. The molecule has 0 bridgehead atoms. The van der Waals surface area contributed by atoms with E-state index in [0.717, 1.165) is 0 Å². The van der Waals surface area contributed by atoms with Crippen LogP contribution < -0.4 is 55.3 Å². The number of hydrogen-bond acceptors (Lipinski definition) is 12. The fourth-order valence-corrected chi connectivity index (χ4v) is 5.76. The number of unbranched alkanes of at least 4 members (excludes halogenated alkanes) is 1. The van der Waals surface area contributed by atoms with Gasteiger partial charge in [-0.25, -0.2) is 9.78 Å². The Labute approximate surface area is 323 Å². The number of carbonyl (C=O) groups excluding carboxylic acids is 7. The molecule has 23 nitrogen and oxygen atoms in total. The van der Waals surface area contributed by atoms with Gasteiger partial charge in [0.1, 0.15) is 30.2 Å². The number of nitrogens with zero attached hydrogens (tertiary/aromatic N) is 3. The molecule has 0 aromatic carbocycles. The van der Waals surface area contributed by atoms with E-state index in [0.29, 0.717) is 37.9 Å². The lowest BCUT2D eigenvalue weighted by atomic mass is 10.1. The van der Waals surface area contributed by atoms with E-state index >= 15 is 0 Å². The van der Waals surface area contributed by atoms with Crippen molar-refractivity contribution in [3.05, 3.63) is 18.2 Å². The summed E-state index contributed by atoms with van der Waals surface area (Å²) in [6.07, 6.45) is 4.65. The molecule has 0 spiro atoms. The summed E-state index contributed by atoms with van der Waals surface area (Å²) in [5.74, 6) is -6.62. The molecule has 1 aromatic rings. The Kier molecular flexibility index (Phi) is 19.7. The van der Waals surface area contributed by atoms with Crippen molar-refractivity contribution in [3.63, 3.8) is 0 Å². The van der Waals surface area contributed by atoms with Crippen molar-refractivity contribution in [2.24, 2.45) is 33.7 Å². The van der Waals surface area contributed by atoms with E-state index in [4.69, 9.17) is 28.7 Å². The maximum Gasteiger partial charge on any atom is 0.326 e. The Morgan fingerprint density at radius 2 is 1.62 bits per heavy atom. The molecule has 17 N–H and O–H groups in total. The smallest absolute Gasteiger partial charge is 0.326 e. The number of hydrogen-bond donors (Lipinski definition) is 12. The summed E-state index contributed by atoms with van der Waals surface area (Å²) >= 11 is 0. The number of amides is 7. The van der Waals surface area contributed by atoms with Gasteiger partial charge in [0.15, 0.2) is 5.96 Å². The van der Waals surface area contributed by atoms with Crippen LogP contribution in [0.1, 0.15) is 70.4 Å². The van der Waals surface area contributed by atoms with Crippen LogP contribution in [0.3, 0.4) is 0 Å². The van der Waals surface area contributed by atoms with Crippen molar-refractivity contribution in [1.29, 1.82) is 0 Å². The van der Waals surface area contributed by atoms with E-state index in [1.54, 1.807) is 0 Å². The zero-order chi connectivity index (χ0) is 41.8. The van der Waals surface area contributed by atoms with Crippen molar-refractivity contribution >= 4 is 53.3 Å². The van der Waals surface area contributed by atoms with Crippen LogP contribution in [0, 0.1) is 0 Å². The van der Waals surface area contributed by atoms with E-state index in [9.17, 15) is 43.5 Å². The number of carboxylic acids is 1. The minimum atomic E-state index is -1.39. The molecular formula is C33H56N14O9. The molecular weight excluding hydrogens is 736 g/mol. The fourth-order valence-electron chi connectivity index (χ4n) is 5.76. The number of aromatic amines is 1. The monoisotopic (exact) mass is 792 g/mol. The van der Waals surface area contributed by atoms with Crippen molar-refractivity contribution in [2.45, 2.75) is 107 Å². The molecule has 1 fully saturated rings. The summed E-state index contributed by atoms with van der Waals surface area (Å²) in [5.41, 5.74) is 27.8. The summed E-state index contributed by atoms with van der Waals surface area (Å²) in [6.45, 7) is 1.47. The van der Waals surface area contributed by atoms with Crippen LogP contribution in [0.15, 0.2) is 17.5 Å². The predicted octanol–water partition coefficient (Wildman–Crippen LogP) is -5.12. The first kappa shape index (κ1) is 46.3. The molecule has 2 rings (SSSR count). The van der Waals surface area contributed by atoms with Gasteiger partial charge in [0, 0.05) is 37.8 Å². The topological polar surface area (TPSA) is 391 Å². The zero-order valence-electron chi connectivity index (χ0n) is 31.5. The molecule has 312 valence electrons. The number of aliphatic carboxylic acids is 1. The number of likely N-dealkylation sites (tertiary alicyclic amines) is 1. The molecule has 0 saturated carbocycles. The summed E-state index contributed by atoms with van der Waals surface area (Å²) in [7, 11) is 0. The summed E-state index contributed by atoms with van der Waals surface area (Å²) in [4.78, 5) is 114. The van der Waals surface area contributed by atoms with E-state index in [-0.39, 0.29) is 57.6 Å². The van der Waals surface area contributed by atoms with Crippen molar-refractivity contribution in [3.8, 4) is 0 Å². The second-order valence-corrected chi connectivity index (χ2v) is 13.3. The molecule has 1 saturated heterocycles. The van der Waals surface area contributed by atoms with Gasteiger partial charge in [-0.3, -0.25) is 38.6 Å². The van der Waals surface area contributed by atoms with Gasteiger partial charge in [-0.1, -0.05) is 6.42 Å². The number of carboxylic acid groups (broad SMARTS) is 1. The van der Waals surface area contributed by atoms with Crippen LogP contribution in [-0.2, 0) is 44.8 Å². The van der Waals surface area contributed by atoms with E-state index in [1.807, 2.05) is 0 Å². The predicted molar refractivity (Wildman–Crippen MR) is 200 cm³/mol. The van der Waals surface area contributed by atoms with Crippen molar-refractivity contribution in [2.75, 3.05) is 26.2 Å². The third kappa shape index (κ3) is 16.3. The first-order valence-electron chi connectivity index (χ1n) is 18.3. The third-order valence-corrected chi connectivity index (χ3v) is 8.81. The largest absolute Gasteiger partial charge is 0.480 e. The lowest BCUT2D eigenvalue weighted by Crippen LogP contribution is -2.58. The Balaban J connectivity index is 2.16. The highest BCUT2D eigenvalue weighted by molar-refractivity contribution is 5.96. The second kappa shape index (κ2) is 23.8. The highest BCUT2D eigenvalue weighted by atomic mass is 16.4. The molecule has 0 unspecified atom stereocenters. The van der Waals surface area contributed by atoms with Gasteiger partial charge in [-0.2, -0.15) is 0 Å². The Bertz CT molecular complexity index is 1540. The molecule has 0 aliphatic carbocycles. The minimum Gasteiger partial charge on any atom is -0.480 e. The van der Waals surface area contributed by atoms with Gasteiger partial charge in [-0.05, 0) is 58.4 Å². The van der Waals surface area contributed by atoms with Crippen LogP contribution in [0.4, 0.5) is 0 Å². The van der Waals surface area contributed by atoms with Gasteiger partial charge in [0.2, 0.25) is 41.4 Å². The molecule has 1 aliphatic rings. The number of primary amides is 1. The van der Waals surface area contributed by atoms with Crippen LogP contribution in [0.5, 0.6) is 0 Å². The molecule has 6 atom stereocenters. The fraction of sp³-hybridized carbons (Fsp3) is 0.636. The van der Waals surface area contributed by atoms with Crippen LogP contribution in [-0.4, -0.2) is 136 Å². The quantitative estimate of drug-likeness (QED) is 0.0250. The van der Waals surface area contributed by atoms with Gasteiger partial charge in [0.05, 0.1) is 18.9 Å². The molecule has 56 heavy (non-hydrogen) atoms. The number of aromatic nitrogens is 2. The molecule has 2 heterocycles. The number of H-pyrrole nitrogens is 1. The highest BCUT2D eigenvalue weighted by Gasteiger charge is 2.37. The highest BCUT2D eigenvalue weighted by Crippen LogP contribution is 2.19. The standard InChI is InChI=1S/C33H56N14O9/c1-18(43-28(51)20(35)6-2-3-11-34)27(50)45-21(9-10-25(36)48)30(53)46-23(14-19-15-39-17-42-19)29(52)41-16-26(49)44-22(7-4-12-40-33(37)38)31(54)47-13-5-8-24(47)32(55)56/h15,17-18,20-24H,2-14,16,34-35H2,1H3,(H2,36,48)(H,39,42)(H,41,52)(H,43,51)(H,44,49)(H,45,50)(H,46,53)(H,55,56)(H4,37,38,40)/t18-,20-,21-,22-,23-,24-/m0/s1. The Morgan fingerprint density at radius 3 is 2.25 bits per heavy atom. The summed E-state index contributed by atoms with van der Waals surface area (Å²) in [6, 6.07) is -7.00. The maximum absolute atomic E-state index is 13.6. The Morgan fingerprint density at radius 1 is 0.911 bits per heavy atom. The van der Waals surface area contributed by atoms with Crippen molar-refractivity contribution in [1.82, 2.24) is 41.5 Å². The maximum atomic E-state index is 13.6. The van der Waals surface area contributed by atoms with E-state index < -0.39 is 90.1 Å². The third-order valence-electron chi connectivity index (χ3n) is 8.81. The SMILES string of the molecule is C[C@H](NC(=O)[C@@H](N)CCCCN)C(=O)N[C@@H](CCC(N)=O)C(=O)N[C@@H](Cc1cnc[nH]1)C(=O)NCC(=O)N[C@@H](CCCN=C(N)N)C(=O)N1CCC[C@H]1C(=O)O. The lowest BCUT2D eigenvalue weighted by molar-refractivity contribution is -0.149. The normalized spacial score (nSPS) is 16.3. The summed E-state index contributed by atoms with van der Waals surface area (Å²) in [5, 5.41) is 22.0. The van der Waals surface area contributed by atoms with Crippen LogP contribution >= 0.6 is 0 Å². The number of rotatable bonds is 25. The second-order valence-electron chi connectivity index (χ2n) is 13.3. The lowest BCUT2D eigenvalue weighted by Gasteiger charge is -2.27. The number of imidazole rings is 1. The zero-order valence-corrected chi connectivity index (χ0v) is 31.5. The minimum absolute atomic E-state index is 0.0545. The van der Waals surface area contributed by atoms with Gasteiger partial charge >= 0.3 is 5.97 Å². The first-order chi connectivity index (χ1) is 26.5. The number of nitrogens with one attached hydrogen (secondary N) is 6. The molecule has 0 radical (unpaired) electrons. The van der Waals surface area contributed by atoms with Gasteiger partial charge < -0.3 is 70.2 Å². The molecule has 1 aliphatic heterocycles. The average Bonchev–Trinajstić information content (AvgIpc) is 3.86. The number of guanidine groups is 1. The van der Waals surface area contributed by atoms with Gasteiger partial charge in [-0.15, -0.1) is 0 Å².